The van der Waals surface area contributed by atoms with Crippen LogP contribution in [0.15, 0.2) is 84.4 Å². The van der Waals surface area contributed by atoms with Gasteiger partial charge in [-0.15, -0.1) is 0 Å². The molecule has 1 heterocycles. The van der Waals surface area contributed by atoms with Crippen LogP contribution in [0, 0.1) is 6.92 Å². The first kappa shape index (κ1) is 21.4. The van der Waals surface area contributed by atoms with Crippen LogP contribution in [0.2, 0.25) is 0 Å². The van der Waals surface area contributed by atoms with Crippen LogP contribution in [0.25, 0.3) is 5.76 Å². The molecule has 5 nitrogen and oxygen atoms in total. The smallest absolute Gasteiger partial charge is 0.300 e. The number of amides is 1. The Morgan fingerprint density at radius 3 is 2.44 bits per heavy atom. The first-order valence-electron chi connectivity index (χ1n) is 10.7. The topological polar surface area (TPSA) is 66.8 Å². The Balaban J connectivity index is 1.88. The second-order valence-electron chi connectivity index (χ2n) is 7.80. The molecule has 0 aromatic heterocycles. The molecule has 0 spiro atoms. The third-order valence-corrected chi connectivity index (χ3v) is 5.42. The molecule has 3 aromatic carbocycles. The van der Waals surface area contributed by atoms with E-state index in [-0.39, 0.29) is 11.3 Å². The van der Waals surface area contributed by atoms with Crippen molar-refractivity contribution in [1.29, 1.82) is 0 Å². The number of carbonyl (C=O) groups excluding carboxylic acids is 2. The lowest BCUT2D eigenvalue weighted by Gasteiger charge is -2.25. The zero-order valence-corrected chi connectivity index (χ0v) is 18.1. The van der Waals surface area contributed by atoms with E-state index in [1.165, 1.54) is 4.90 Å². The number of anilines is 1. The zero-order valence-electron chi connectivity index (χ0n) is 18.1. The van der Waals surface area contributed by atoms with Gasteiger partial charge in [0.15, 0.2) is 0 Å². The van der Waals surface area contributed by atoms with Crippen LogP contribution in [-0.2, 0) is 9.59 Å². The standard InChI is InChI=1S/C27H25NO4/c1-3-15-32-22-14-8-12-20(17-22)25(29)23-24(19-10-5-4-6-11-19)28(27(31)26(23)30)21-13-7-9-18(2)16-21/h4-14,16-17,24,29H,3,15H2,1-2H3/b25-23+. The van der Waals surface area contributed by atoms with Gasteiger partial charge in [0.2, 0.25) is 0 Å². The minimum absolute atomic E-state index is 0.0651. The molecular weight excluding hydrogens is 402 g/mol. The van der Waals surface area contributed by atoms with Crippen molar-refractivity contribution in [2.45, 2.75) is 26.3 Å². The molecule has 1 saturated heterocycles. The second kappa shape index (κ2) is 9.10. The Labute approximate surface area is 187 Å². The largest absolute Gasteiger partial charge is 0.507 e. The summed E-state index contributed by atoms with van der Waals surface area (Å²) in [4.78, 5) is 27.8. The fourth-order valence-corrected chi connectivity index (χ4v) is 3.94. The van der Waals surface area contributed by atoms with Crippen LogP contribution in [-0.4, -0.2) is 23.4 Å². The van der Waals surface area contributed by atoms with Crippen molar-refractivity contribution in [2.75, 3.05) is 11.5 Å². The number of aliphatic hydroxyl groups is 1. The molecule has 1 amide bonds. The number of carbonyl (C=O) groups is 2. The Bertz CT molecular complexity index is 1180. The van der Waals surface area contributed by atoms with E-state index in [9.17, 15) is 14.7 Å². The number of ketones is 1. The van der Waals surface area contributed by atoms with E-state index >= 15 is 0 Å². The molecule has 1 aliphatic rings. The van der Waals surface area contributed by atoms with Gasteiger partial charge in [0, 0.05) is 11.3 Å². The van der Waals surface area contributed by atoms with Gasteiger partial charge < -0.3 is 9.84 Å². The maximum Gasteiger partial charge on any atom is 0.300 e. The van der Waals surface area contributed by atoms with Crippen molar-refractivity contribution in [2.24, 2.45) is 0 Å². The van der Waals surface area contributed by atoms with Crippen molar-refractivity contribution >= 4 is 23.1 Å². The highest BCUT2D eigenvalue weighted by Gasteiger charge is 2.46. The summed E-state index contributed by atoms with van der Waals surface area (Å²) in [5, 5.41) is 11.2. The van der Waals surface area contributed by atoms with Gasteiger partial charge in [-0.1, -0.05) is 61.5 Å². The first-order chi connectivity index (χ1) is 15.5. The molecule has 0 saturated carbocycles. The third kappa shape index (κ3) is 4.02. The molecule has 4 rings (SSSR count). The van der Waals surface area contributed by atoms with Gasteiger partial charge in [-0.05, 0) is 48.7 Å². The molecular formula is C27H25NO4. The molecule has 1 aliphatic heterocycles. The predicted molar refractivity (Wildman–Crippen MR) is 125 cm³/mol. The normalized spacial score (nSPS) is 17.6. The number of ether oxygens (including phenoxy) is 1. The average Bonchev–Trinajstić information content (AvgIpc) is 3.08. The lowest BCUT2D eigenvalue weighted by molar-refractivity contribution is -0.132. The van der Waals surface area contributed by atoms with Crippen molar-refractivity contribution in [3.63, 3.8) is 0 Å². The summed E-state index contributed by atoms with van der Waals surface area (Å²) < 4.78 is 5.68. The van der Waals surface area contributed by atoms with Crippen molar-refractivity contribution in [1.82, 2.24) is 0 Å². The molecule has 3 aromatic rings. The number of benzene rings is 3. The van der Waals surface area contributed by atoms with Crippen LogP contribution in [0.4, 0.5) is 5.69 Å². The number of aliphatic hydroxyl groups excluding tert-OH is 1. The quantitative estimate of drug-likeness (QED) is 0.324. The molecule has 1 unspecified atom stereocenters. The highest BCUT2D eigenvalue weighted by atomic mass is 16.5. The number of hydrogen-bond donors (Lipinski definition) is 1. The highest BCUT2D eigenvalue weighted by Crippen LogP contribution is 2.42. The molecule has 32 heavy (non-hydrogen) atoms. The van der Waals surface area contributed by atoms with E-state index in [0.717, 1.165) is 17.5 Å². The van der Waals surface area contributed by atoms with Gasteiger partial charge in [0.1, 0.15) is 11.5 Å². The summed E-state index contributed by atoms with van der Waals surface area (Å²) in [5.74, 6) is -0.989. The highest BCUT2D eigenvalue weighted by molar-refractivity contribution is 6.51. The Morgan fingerprint density at radius 2 is 1.72 bits per heavy atom. The lowest BCUT2D eigenvalue weighted by atomic mass is 9.95. The van der Waals surface area contributed by atoms with Crippen molar-refractivity contribution in [3.05, 3.63) is 101 Å². The second-order valence-corrected chi connectivity index (χ2v) is 7.80. The van der Waals surface area contributed by atoms with Crippen molar-refractivity contribution in [3.8, 4) is 5.75 Å². The Hall–Kier alpha value is -3.86. The molecule has 5 heteroatoms. The fourth-order valence-electron chi connectivity index (χ4n) is 3.94. The van der Waals surface area contributed by atoms with Crippen LogP contribution >= 0.6 is 0 Å². The summed E-state index contributed by atoms with van der Waals surface area (Å²) >= 11 is 0. The minimum atomic E-state index is -0.738. The Morgan fingerprint density at radius 1 is 0.969 bits per heavy atom. The van der Waals surface area contributed by atoms with Gasteiger partial charge in [0.05, 0.1) is 18.2 Å². The van der Waals surface area contributed by atoms with Crippen LogP contribution < -0.4 is 9.64 Å². The van der Waals surface area contributed by atoms with E-state index in [4.69, 9.17) is 4.74 Å². The Kier molecular flexibility index (Phi) is 6.08. The number of rotatable bonds is 6. The lowest BCUT2D eigenvalue weighted by Crippen LogP contribution is -2.29. The molecule has 1 atom stereocenters. The average molecular weight is 428 g/mol. The van der Waals surface area contributed by atoms with Gasteiger partial charge in [0.25, 0.3) is 11.7 Å². The van der Waals surface area contributed by atoms with E-state index in [2.05, 4.69) is 0 Å². The molecule has 1 fully saturated rings. The van der Waals surface area contributed by atoms with Crippen molar-refractivity contribution < 1.29 is 19.4 Å². The maximum atomic E-state index is 13.2. The third-order valence-electron chi connectivity index (χ3n) is 5.42. The monoisotopic (exact) mass is 427 g/mol. The van der Waals surface area contributed by atoms with Gasteiger partial charge in [-0.3, -0.25) is 14.5 Å². The van der Waals surface area contributed by atoms with E-state index < -0.39 is 17.7 Å². The summed E-state index contributed by atoms with van der Waals surface area (Å²) in [5.41, 5.74) is 2.82. The number of nitrogens with zero attached hydrogens (tertiary/aromatic N) is 1. The van der Waals surface area contributed by atoms with Gasteiger partial charge in [-0.2, -0.15) is 0 Å². The maximum absolute atomic E-state index is 13.2. The van der Waals surface area contributed by atoms with Gasteiger partial charge >= 0.3 is 0 Å². The predicted octanol–water partition coefficient (Wildman–Crippen LogP) is 5.41. The molecule has 162 valence electrons. The van der Waals surface area contributed by atoms with Crippen LogP contribution in [0.1, 0.15) is 36.1 Å². The molecule has 0 radical (unpaired) electrons. The van der Waals surface area contributed by atoms with E-state index in [1.54, 1.807) is 30.3 Å². The summed E-state index contributed by atoms with van der Waals surface area (Å²) in [6, 6.07) is 22.9. The summed E-state index contributed by atoms with van der Waals surface area (Å²) in [7, 11) is 0. The van der Waals surface area contributed by atoms with E-state index in [0.29, 0.717) is 23.6 Å². The fraction of sp³-hybridized carbons (Fsp3) is 0.185. The zero-order chi connectivity index (χ0) is 22.7. The van der Waals surface area contributed by atoms with Crippen LogP contribution in [0.5, 0.6) is 5.75 Å². The molecule has 0 bridgehead atoms. The minimum Gasteiger partial charge on any atom is -0.507 e. The van der Waals surface area contributed by atoms with Gasteiger partial charge in [-0.25, -0.2) is 0 Å². The number of Topliss-reactive ketones (excluding diaryl/α,β-unsaturated/α-hetero) is 1. The summed E-state index contributed by atoms with van der Waals surface area (Å²) in [6.45, 7) is 4.49. The SMILES string of the molecule is CCCOc1cccc(/C(O)=C2\C(=O)C(=O)N(c3cccc(C)c3)C2c2ccccc2)c1. The number of aryl methyl sites for hydroxylation is 1. The molecule has 1 N–H and O–H groups in total. The van der Waals surface area contributed by atoms with E-state index in [1.807, 2.05) is 62.4 Å². The molecule has 0 aliphatic carbocycles. The first-order valence-corrected chi connectivity index (χ1v) is 10.7. The summed E-state index contributed by atoms with van der Waals surface area (Å²) in [6.07, 6.45) is 0.853. The number of hydrogen-bond acceptors (Lipinski definition) is 4. The van der Waals surface area contributed by atoms with Crippen LogP contribution in [0.3, 0.4) is 0 Å².